The average molecular weight is 635 g/mol. The van der Waals surface area contributed by atoms with Crippen molar-refractivity contribution in [1.82, 2.24) is 9.97 Å². The predicted octanol–water partition coefficient (Wildman–Crippen LogP) is 7.62. The molecule has 0 unspecified atom stereocenters. The van der Waals surface area contributed by atoms with Crippen LogP contribution < -0.4 is 0 Å². The quantitative estimate of drug-likeness (QED) is 0.200. The molecule has 0 amide bonds. The molecule has 0 aliphatic heterocycles. The van der Waals surface area contributed by atoms with Gasteiger partial charge >= 0.3 is 0 Å². The van der Waals surface area contributed by atoms with Gasteiger partial charge in [-0.25, -0.2) is 0 Å². The summed E-state index contributed by atoms with van der Waals surface area (Å²) >= 11 is 0. The third-order valence-electron chi connectivity index (χ3n) is 5.63. The number of hydrogen-bond acceptors (Lipinski definition) is 3. The first-order valence-electron chi connectivity index (χ1n) is 11.2. The maximum Gasteiger partial charge on any atom is 0.115 e. The molecule has 4 aromatic carbocycles. The number of hydrogen-bond donors (Lipinski definition) is 1. The molecule has 35 heavy (non-hydrogen) atoms. The largest absolute Gasteiger partial charge is 0.508 e. The van der Waals surface area contributed by atoms with Crippen LogP contribution in [-0.2, 0) is 21.1 Å². The molecule has 2 heterocycles. The number of nitrogens with zero attached hydrogens (tertiary/aromatic N) is 2. The summed E-state index contributed by atoms with van der Waals surface area (Å²) in [5.41, 5.74) is 5.08. The molecule has 0 fully saturated rings. The maximum atomic E-state index is 8.63. The van der Waals surface area contributed by atoms with Crippen LogP contribution in [0.2, 0.25) is 0 Å². The van der Waals surface area contributed by atoms with Crippen LogP contribution in [0.4, 0.5) is 0 Å². The molecular formula is C31H23N2OPt-. The fourth-order valence-electron chi connectivity index (χ4n) is 4.07. The van der Waals surface area contributed by atoms with E-state index in [1.54, 1.807) is 24.3 Å². The Morgan fingerprint density at radius 3 is 1.51 bits per heavy atom. The van der Waals surface area contributed by atoms with Crippen molar-refractivity contribution in [3.05, 3.63) is 127 Å². The summed E-state index contributed by atoms with van der Waals surface area (Å²) < 4.78 is 0. The molecule has 3 nitrogen and oxygen atoms in total. The van der Waals surface area contributed by atoms with Gasteiger partial charge in [-0.2, -0.15) is 0 Å². The number of phenolic OH excluding ortho intramolecular Hbond substituents is 1. The molecule has 0 radical (unpaired) electrons. The molecule has 0 aliphatic carbocycles. The summed E-state index contributed by atoms with van der Waals surface area (Å²) in [6.45, 7) is 2.11. The molecule has 1 N–H and O–H groups in total. The van der Waals surface area contributed by atoms with Crippen LogP contribution in [0.3, 0.4) is 0 Å². The fraction of sp³-hybridized carbons (Fsp3) is 0.0323. The third-order valence-corrected chi connectivity index (χ3v) is 5.63. The third kappa shape index (κ3) is 5.48. The zero-order valence-corrected chi connectivity index (χ0v) is 21.4. The second kappa shape index (κ2) is 11.1. The first-order valence-corrected chi connectivity index (χ1v) is 11.2. The molecule has 0 saturated heterocycles. The van der Waals surface area contributed by atoms with Crippen molar-refractivity contribution in [1.29, 1.82) is 0 Å². The number of phenols is 1. The number of aromatic hydroxyl groups is 1. The number of para-hydroxylation sites is 1. The Hall–Kier alpha value is -3.81. The van der Waals surface area contributed by atoms with E-state index in [0.29, 0.717) is 5.75 Å². The van der Waals surface area contributed by atoms with Gasteiger partial charge in [0, 0.05) is 44.8 Å². The predicted molar refractivity (Wildman–Crippen MR) is 140 cm³/mol. The molecule has 4 heteroatoms. The smallest absolute Gasteiger partial charge is 0.115 e. The Balaban J connectivity index is 0.000000313. The molecule has 0 bridgehead atoms. The van der Waals surface area contributed by atoms with Gasteiger partial charge < -0.3 is 5.11 Å². The van der Waals surface area contributed by atoms with Crippen LogP contribution in [0.5, 0.6) is 5.75 Å². The monoisotopic (exact) mass is 634 g/mol. The Kier molecular flexibility index (Phi) is 7.70. The zero-order valence-electron chi connectivity index (χ0n) is 19.1. The van der Waals surface area contributed by atoms with Crippen molar-refractivity contribution in [3.63, 3.8) is 0 Å². The van der Waals surface area contributed by atoms with Crippen molar-refractivity contribution in [2.24, 2.45) is 0 Å². The van der Waals surface area contributed by atoms with E-state index in [1.165, 1.54) is 16.3 Å². The summed E-state index contributed by atoms with van der Waals surface area (Å²) in [4.78, 5) is 9.33. The van der Waals surface area contributed by atoms with Crippen LogP contribution in [0.25, 0.3) is 44.1 Å². The van der Waals surface area contributed by atoms with E-state index in [0.717, 1.165) is 33.3 Å². The number of aryl methyl sites for hydroxylation is 1. The molecule has 174 valence electrons. The van der Waals surface area contributed by atoms with E-state index in [1.807, 2.05) is 30.6 Å². The zero-order chi connectivity index (χ0) is 23.3. The van der Waals surface area contributed by atoms with E-state index in [2.05, 4.69) is 83.6 Å². The maximum absolute atomic E-state index is 8.63. The molecular weight excluding hydrogens is 611 g/mol. The van der Waals surface area contributed by atoms with Gasteiger partial charge in [-0.05, 0) is 45.8 Å². The fourth-order valence-corrected chi connectivity index (χ4v) is 4.07. The van der Waals surface area contributed by atoms with Crippen molar-refractivity contribution >= 4 is 21.5 Å². The number of benzene rings is 4. The van der Waals surface area contributed by atoms with Crippen molar-refractivity contribution in [2.75, 3.05) is 0 Å². The van der Waals surface area contributed by atoms with Gasteiger partial charge in [0.1, 0.15) is 5.75 Å². The Morgan fingerprint density at radius 1 is 0.600 bits per heavy atom. The first kappa shape index (κ1) is 24.3. The van der Waals surface area contributed by atoms with Gasteiger partial charge in [0.05, 0.1) is 0 Å². The van der Waals surface area contributed by atoms with Gasteiger partial charge in [-0.3, -0.25) is 9.97 Å². The standard InChI is InChI=1S/C25H17N2.C6H6O.Pt/c1-17-14-20(24-22-8-4-2-6-18(22)10-12-26-24)16-21(15-17)25-23-9-5-3-7-19(23)11-13-27-25;7-6-4-2-1-3-5-6;/h2-15H,1H3;1-5,7H;/q-1;;. The minimum Gasteiger partial charge on any atom is -0.508 e. The van der Waals surface area contributed by atoms with Crippen LogP contribution in [0, 0.1) is 13.0 Å². The van der Waals surface area contributed by atoms with E-state index in [-0.39, 0.29) is 21.1 Å². The SMILES string of the molecule is Cc1cc(-c2nccc3ccccc23)[c-]c(-c2nccc3ccccc23)c1.Oc1ccccc1.[Pt]. The minimum absolute atomic E-state index is 0. The summed E-state index contributed by atoms with van der Waals surface area (Å²) in [5.74, 6) is 0.322. The number of fused-ring (bicyclic) bond motifs is 2. The van der Waals surface area contributed by atoms with Gasteiger partial charge in [0.25, 0.3) is 0 Å². The molecule has 0 saturated carbocycles. The van der Waals surface area contributed by atoms with Crippen LogP contribution in [0.15, 0.2) is 116 Å². The molecule has 6 rings (SSSR count). The minimum atomic E-state index is 0. The van der Waals surface area contributed by atoms with Gasteiger partial charge in [0.15, 0.2) is 0 Å². The number of rotatable bonds is 2. The average Bonchev–Trinajstić information content (AvgIpc) is 2.88. The second-order valence-corrected chi connectivity index (χ2v) is 8.08. The normalized spacial score (nSPS) is 10.3. The van der Waals surface area contributed by atoms with Crippen LogP contribution in [0.1, 0.15) is 5.56 Å². The van der Waals surface area contributed by atoms with Crippen LogP contribution in [-0.4, -0.2) is 15.1 Å². The number of pyridine rings is 2. The van der Waals surface area contributed by atoms with Crippen molar-refractivity contribution in [2.45, 2.75) is 6.92 Å². The van der Waals surface area contributed by atoms with Crippen LogP contribution >= 0.6 is 0 Å². The Bertz CT molecular complexity index is 1470. The molecule has 0 spiro atoms. The van der Waals surface area contributed by atoms with Gasteiger partial charge in [-0.15, -0.1) is 23.8 Å². The summed E-state index contributed by atoms with van der Waals surface area (Å²) in [5, 5.41) is 13.3. The Labute approximate surface area is 219 Å². The van der Waals surface area contributed by atoms with Crippen molar-refractivity contribution in [3.8, 4) is 28.3 Å². The topological polar surface area (TPSA) is 46.0 Å². The summed E-state index contributed by atoms with van der Waals surface area (Å²) in [6.07, 6.45) is 3.73. The first-order chi connectivity index (χ1) is 16.7. The summed E-state index contributed by atoms with van der Waals surface area (Å²) in [7, 11) is 0. The van der Waals surface area contributed by atoms with Crippen molar-refractivity contribution < 1.29 is 26.2 Å². The molecule has 0 atom stereocenters. The van der Waals surface area contributed by atoms with E-state index in [9.17, 15) is 0 Å². The van der Waals surface area contributed by atoms with Gasteiger partial charge in [0.2, 0.25) is 0 Å². The van der Waals surface area contributed by atoms with Gasteiger partial charge in [-0.1, -0.05) is 84.8 Å². The number of aromatic nitrogens is 2. The molecule has 2 aromatic heterocycles. The molecule has 6 aromatic rings. The molecule has 0 aliphatic rings. The Morgan fingerprint density at radius 2 is 1.06 bits per heavy atom. The van der Waals surface area contributed by atoms with E-state index < -0.39 is 0 Å². The van der Waals surface area contributed by atoms with E-state index >= 15 is 0 Å². The summed E-state index contributed by atoms with van der Waals surface area (Å²) in [6, 6.07) is 37.3. The second-order valence-electron chi connectivity index (χ2n) is 8.08. The van der Waals surface area contributed by atoms with E-state index in [4.69, 9.17) is 5.11 Å².